The van der Waals surface area contributed by atoms with Gasteiger partial charge >= 0.3 is 0 Å². The molecule has 17 heavy (non-hydrogen) atoms. The highest BCUT2D eigenvalue weighted by molar-refractivity contribution is 5.33. The number of anilines is 1. The van der Waals surface area contributed by atoms with Crippen LogP contribution in [0, 0.1) is 0 Å². The Morgan fingerprint density at radius 3 is 3.00 bits per heavy atom. The molecule has 0 bridgehead atoms. The van der Waals surface area contributed by atoms with Crippen molar-refractivity contribution >= 4 is 5.82 Å². The Morgan fingerprint density at radius 1 is 1.53 bits per heavy atom. The molecule has 0 aliphatic heterocycles. The predicted molar refractivity (Wildman–Crippen MR) is 68.0 cm³/mol. The van der Waals surface area contributed by atoms with Gasteiger partial charge in [0.15, 0.2) is 5.82 Å². The van der Waals surface area contributed by atoms with Crippen molar-refractivity contribution in [2.75, 3.05) is 5.32 Å². The molecule has 1 aliphatic rings. The van der Waals surface area contributed by atoms with Crippen LogP contribution in [0.15, 0.2) is 17.2 Å². The Morgan fingerprint density at radius 2 is 2.29 bits per heavy atom. The molecule has 2 atom stereocenters. The SMILES string of the molecule is CCn1ccnc(N[C@@H]2CCCC[C@H]2N)c1=O. The van der Waals surface area contributed by atoms with Gasteiger partial charge in [-0.1, -0.05) is 12.8 Å². The highest BCUT2D eigenvalue weighted by Crippen LogP contribution is 2.19. The summed E-state index contributed by atoms with van der Waals surface area (Å²) in [6.07, 6.45) is 7.74. The molecule has 2 rings (SSSR count). The number of aromatic nitrogens is 2. The zero-order chi connectivity index (χ0) is 12.3. The van der Waals surface area contributed by atoms with Crippen LogP contribution >= 0.6 is 0 Å². The van der Waals surface area contributed by atoms with Crippen LogP contribution < -0.4 is 16.6 Å². The van der Waals surface area contributed by atoms with Gasteiger partial charge in [-0.25, -0.2) is 4.98 Å². The Hall–Kier alpha value is -1.36. The lowest BCUT2D eigenvalue weighted by Crippen LogP contribution is -2.44. The van der Waals surface area contributed by atoms with Crippen molar-refractivity contribution in [3.63, 3.8) is 0 Å². The summed E-state index contributed by atoms with van der Waals surface area (Å²) < 4.78 is 1.64. The minimum Gasteiger partial charge on any atom is -0.361 e. The van der Waals surface area contributed by atoms with E-state index in [0.29, 0.717) is 12.4 Å². The van der Waals surface area contributed by atoms with Gasteiger partial charge < -0.3 is 15.6 Å². The second kappa shape index (κ2) is 5.31. The number of hydrogen-bond donors (Lipinski definition) is 2. The average Bonchev–Trinajstić information content (AvgIpc) is 2.34. The monoisotopic (exact) mass is 236 g/mol. The number of nitrogens with two attached hydrogens (primary N) is 1. The van der Waals surface area contributed by atoms with E-state index in [9.17, 15) is 4.79 Å². The van der Waals surface area contributed by atoms with E-state index in [1.165, 1.54) is 12.8 Å². The summed E-state index contributed by atoms with van der Waals surface area (Å²) >= 11 is 0. The minimum atomic E-state index is -0.0622. The standard InChI is InChI=1S/C12H20N4O/c1-2-16-8-7-14-11(12(16)17)15-10-6-4-3-5-9(10)13/h7-10H,2-6,13H2,1H3,(H,14,15)/t9-,10-/m1/s1. The van der Waals surface area contributed by atoms with E-state index in [1.807, 2.05) is 6.92 Å². The van der Waals surface area contributed by atoms with Crippen LogP contribution in [0.4, 0.5) is 5.82 Å². The molecule has 0 amide bonds. The molecule has 0 unspecified atom stereocenters. The second-order valence-corrected chi connectivity index (χ2v) is 4.57. The van der Waals surface area contributed by atoms with Crippen molar-refractivity contribution < 1.29 is 0 Å². The van der Waals surface area contributed by atoms with E-state index < -0.39 is 0 Å². The summed E-state index contributed by atoms with van der Waals surface area (Å²) in [5, 5.41) is 3.20. The number of nitrogens with zero attached hydrogens (tertiary/aromatic N) is 2. The van der Waals surface area contributed by atoms with Crippen LogP contribution in [0.1, 0.15) is 32.6 Å². The van der Waals surface area contributed by atoms with Crippen LogP contribution in [-0.2, 0) is 6.54 Å². The Kier molecular flexibility index (Phi) is 3.78. The maximum atomic E-state index is 12.0. The molecule has 1 fully saturated rings. The van der Waals surface area contributed by atoms with E-state index in [1.54, 1.807) is 17.0 Å². The third-order valence-corrected chi connectivity index (χ3v) is 3.40. The lowest BCUT2D eigenvalue weighted by atomic mass is 9.91. The van der Waals surface area contributed by atoms with Gasteiger partial charge in [-0.2, -0.15) is 0 Å². The first-order valence-electron chi connectivity index (χ1n) is 6.30. The molecular weight excluding hydrogens is 216 g/mol. The summed E-state index contributed by atoms with van der Waals surface area (Å²) in [5.41, 5.74) is 5.99. The van der Waals surface area contributed by atoms with Gasteiger partial charge in [-0.15, -0.1) is 0 Å². The summed E-state index contributed by atoms with van der Waals surface area (Å²) in [4.78, 5) is 16.1. The van der Waals surface area contributed by atoms with Gasteiger partial charge in [-0.05, 0) is 19.8 Å². The van der Waals surface area contributed by atoms with Gasteiger partial charge in [0.2, 0.25) is 0 Å². The number of hydrogen-bond acceptors (Lipinski definition) is 4. The quantitative estimate of drug-likeness (QED) is 0.819. The summed E-state index contributed by atoms with van der Waals surface area (Å²) in [7, 11) is 0. The molecule has 0 saturated heterocycles. The van der Waals surface area contributed by atoms with E-state index >= 15 is 0 Å². The number of nitrogens with one attached hydrogen (secondary N) is 1. The van der Waals surface area contributed by atoms with Crippen molar-refractivity contribution in [1.82, 2.24) is 9.55 Å². The summed E-state index contributed by atoms with van der Waals surface area (Å²) in [6.45, 7) is 2.60. The molecule has 1 aromatic heterocycles. The molecule has 1 aromatic rings. The highest BCUT2D eigenvalue weighted by Gasteiger charge is 2.22. The molecule has 0 aromatic carbocycles. The first kappa shape index (κ1) is 12.1. The molecule has 1 heterocycles. The first-order chi connectivity index (χ1) is 8.22. The number of aryl methyl sites for hydroxylation is 1. The zero-order valence-electron chi connectivity index (χ0n) is 10.2. The van der Waals surface area contributed by atoms with E-state index in [-0.39, 0.29) is 17.6 Å². The Labute approximate surface area is 101 Å². The lowest BCUT2D eigenvalue weighted by molar-refractivity contribution is 0.403. The fourth-order valence-corrected chi connectivity index (χ4v) is 2.31. The van der Waals surface area contributed by atoms with Crippen LogP contribution in [0.2, 0.25) is 0 Å². The maximum Gasteiger partial charge on any atom is 0.293 e. The maximum absolute atomic E-state index is 12.0. The molecule has 3 N–H and O–H groups in total. The van der Waals surface area contributed by atoms with Gasteiger partial charge in [0.1, 0.15) is 0 Å². The van der Waals surface area contributed by atoms with Crippen LogP contribution in [-0.4, -0.2) is 21.6 Å². The molecule has 94 valence electrons. The third-order valence-electron chi connectivity index (χ3n) is 3.40. The van der Waals surface area contributed by atoms with Crippen molar-refractivity contribution in [3.05, 3.63) is 22.7 Å². The zero-order valence-corrected chi connectivity index (χ0v) is 10.2. The molecule has 5 heteroatoms. The minimum absolute atomic E-state index is 0.0622. The summed E-state index contributed by atoms with van der Waals surface area (Å²) in [5.74, 6) is 0.428. The first-order valence-corrected chi connectivity index (χ1v) is 6.30. The van der Waals surface area contributed by atoms with E-state index in [0.717, 1.165) is 12.8 Å². The molecule has 0 radical (unpaired) electrons. The molecule has 1 saturated carbocycles. The van der Waals surface area contributed by atoms with Crippen molar-refractivity contribution in [2.24, 2.45) is 5.73 Å². The molecule has 1 aliphatic carbocycles. The molecule has 5 nitrogen and oxygen atoms in total. The van der Waals surface area contributed by atoms with Crippen molar-refractivity contribution in [2.45, 2.75) is 51.2 Å². The Bertz CT molecular complexity index is 429. The lowest BCUT2D eigenvalue weighted by Gasteiger charge is -2.29. The fourth-order valence-electron chi connectivity index (χ4n) is 2.31. The normalized spacial score (nSPS) is 24.6. The van der Waals surface area contributed by atoms with E-state index in [4.69, 9.17) is 5.73 Å². The smallest absolute Gasteiger partial charge is 0.293 e. The van der Waals surface area contributed by atoms with Crippen molar-refractivity contribution in [1.29, 1.82) is 0 Å². The van der Waals surface area contributed by atoms with Crippen LogP contribution in [0.5, 0.6) is 0 Å². The number of rotatable bonds is 3. The average molecular weight is 236 g/mol. The van der Waals surface area contributed by atoms with Crippen molar-refractivity contribution in [3.8, 4) is 0 Å². The van der Waals surface area contributed by atoms with Gasteiger partial charge in [0, 0.05) is 31.0 Å². The fraction of sp³-hybridized carbons (Fsp3) is 0.667. The largest absolute Gasteiger partial charge is 0.361 e. The van der Waals surface area contributed by atoms with Gasteiger partial charge in [0.05, 0.1) is 0 Å². The Balaban J connectivity index is 2.15. The highest BCUT2D eigenvalue weighted by atomic mass is 16.1. The van der Waals surface area contributed by atoms with Gasteiger partial charge in [-0.3, -0.25) is 4.79 Å². The predicted octanol–water partition coefficient (Wildman–Crippen LogP) is 0.945. The van der Waals surface area contributed by atoms with Gasteiger partial charge in [0.25, 0.3) is 5.56 Å². The summed E-state index contributed by atoms with van der Waals surface area (Å²) in [6, 6.07) is 0.303. The van der Waals surface area contributed by atoms with Crippen LogP contribution in [0.25, 0.3) is 0 Å². The topological polar surface area (TPSA) is 72.9 Å². The third kappa shape index (κ3) is 2.66. The van der Waals surface area contributed by atoms with E-state index in [2.05, 4.69) is 10.3 Å². The molecular formula is C12H20N4O. The van der Waals surface area contributed by atoms with Crippen LogP contribution in [0.3, 0.4) is 0 Å². The molecule has 0 spiro atoms. The second-order valence-electron chi connectivity index (χ2n) is 4.57.